The second-order valence-corrected chi connectivity index (χ2v) is 7.38. The molecule has 1 amide bonds. The molecule has 2 aromatic heterocycles. The molecule has 6 nitrogen and oxygen atoms in total. The molecule has 0 bridgehead atoms. The van der Waals surface area contributed by atoms with E-state index in [9.17, 15) is 4.79 Å². The molecule has 2 aromatic carbocycles. The van der Waals surface area contributed by atoms with Crippen LogP contribution in [-0.4, -0.2) is 21.9 Å². The quantitative estimate of drug-likeness (QED) is 0.498. The summed E-state index contributed by atoms with van der Waals surface area (Å²) in [5.41, 5.74) is 12.0. The summed E-state index contributed by atoms with van der Waals surface area (Å²) in [6.45, 7) is 5.97. The number of fused-ring (bicyclic) bond motifs is 1. The van der Waals surface area contributed by atoms with Crippen LogP contribution in [0.15, 0.2) is 60.8 Å². The highest BCUT2D eigenvalue weighted by Gasteiger charge is 2.19. The molecule has 0 saturated heterocycles. The molecule has 4 rings (SSSR count). The normalized spacial score (nSPS) is 10.9. The number of nitrogens with one attached hydrogen (secondary N) is 1. The molecule has 3 N–H and O–H groups in total. The van der Waals surface area contributed by atoms with Gasteiger partial charge in [-0.25, -0.2) is 4.98 Å². The Bertz CT molecular complexity index is 1220. The maximum atomic E-state index is 11.3. The second-order valence-electron chi connectivity index (χ2n) is 7.38. The third-order valence-corrected chi connectivity index (χ3v) is 5.01. The highest BCUT2D eigenvalue weighted by molar-refractivity contribution is 5.84. The third-order valence-electron chi connectivity index (χ3n) is 5.01. The Morgan fingerprint density at radius 1 is 1.07 bits per heavy atom. The van der Waals surface area contributed by atoms with Crippen molar-refractivity contribution in [2.75, 3.05) is 11.9 Å². The topological polar surface area (TPSA) is 81.7 Å². The number of ether oxygens (including phenoxy) is 1. The average Bonchev–Trinajstić information content (AvgIpc) is 3.08. The lowest BCUT2D eigenvalue weighted by molar-refractivity contribution is -0.119. The van der Waals surface area contributed by atoms with Gasteiger partial charge in [-0.05, 0) is 56.2 Å². The van der Waals surface area contributed by atoms with Crippen LogP contribution in [0.1, 0.15) is 16.7 Å². The Morgan fingerprint density at radius 2 is 1.83 bits per heavy atom. The molecular formula is C24H24N4O2. The first-order chi connectivity index (χ1) is 14.4. The summed E-state index contributed by atoms with van der Waals surface area (Å²) in [5, 5.41) is 3.60. The van der Waals surface area contributed by atoms with Crippen molar-refractivity contribution in [3.05, 3.63) is 77.5 Å². The van der Waals surface area contributed by atoms with E-state index in [2.05, 4.69) is 31.3 Å². The minimum atomic E-state index is -0.523. The Kier molecular flexibility index (Phi) is 5.14. The van der Waals surface area contributed by atoms with Gasteiger partial charge in [0.15, 0.2) is 6.61 Å². The molecule has 152 valence electrons. The Labute approximate surface area is 175 Å². The standard InChI is InChI=1S/C24H24N4O2/c1-15-10-11-19(30-14-20(25)29)18(13-15)23-24(28-12-5-4-9-21(28)26-23)27-22-16(2)7-6-8-17(22)3/h4-13,27H,14H2,1-3H3,(H2,25,29). The number of carbonyl (C=O) groups is 1. The van der Waals surface area contributed by atoms with Crippen LogP contribution in [0.3, 0.4) is 0 Å². The second kappa shape index (κ2) is 7.91. The molecule has 30 heavy (non-hydrogen) atoms. The number of hydrogen-bond acceptors (Lipinski definition) is 4. The minimum Gasteiger partial charge on any atom is -0.483 e. The Morgan fingerprint density at radius 3 is 2.57 bits per heavy atom. The van der Waals surface area contributed by atoms with Gasteiger partial charge in [0, 0.05) is 17.4 Å². The van der Waals surface area contributed by atoms with Crippen molar-refractivity contribution < 1.29 is 9.53 Å². The van der Waals surface area contributed by atoms with Gasteiger partial charge in [0.2, 0.25) is 0 Å². The van der Waals surface area contributed by atoms with E-state index in [1.807, 2.05) is 60.0 Å². The van der Waals surface area contributed by atoms with Crippen molar-refractivity contribution in [3.63, 3.8) is 0 Å². The lowest BCUT2D eigenvalue weighted by atomic mass is 10.1. The van der Waals surface area contributed by atoms with Crippen LogP contribution in [0.2, 0.25) is 0 Å². The number of rotatable bonds is 6. The molecule has 0 aliphatic heterocycles. The van der Waals surface area contributed by atoms with E-state index in [1.54, 1.807) is 0 Å². The SMILES string of the molecule is Cc1ccc(OCC(N)=O)c(-c2nc3ccccn3c2Nc2c(C)cccc2C)c1. The van der Waals surface area contributed by atoms with E-state index in [4.69, 9.17) is 15.5 Å². The number of carbonyl (C=O) groups excluding carboxylic acids is 1. The number of benzene rings is 2. The van der Waals surface area contributed by atoms with Gasteiger partial charge in [0.05, 0.1) is 0 Å². The lowest BCUT2D eigenvalue weighted by Crippen LogP contribution is -2.20. The van der Waals surface area contributed by atoms with Gasteiger partial charge in [0.1, 0.15) is 22.9 Å². The number of pyridine rings is 1. The Balaban J connectivity index is 1.91. The van der Waals surface area contributed by atoms with Crippen LogP contribution in [0, 0.1) is 20.8 Å². The number of nitrogens with zero attached hydrogens (tertiary/aromatic N) is 2. The number of aryl methyl sites for hydroxylation is 3. The van der Waals surface area contributed by atoms with Gasteiger partial charge >= 0.3 is 0 Å². The molecule has 0 spiro atoms. The summed E-state index contributed by atoms with van der Waals surface area (Å²) in [7, 11) is 0. The van der Waals surface area contributed by atoms with E-state index in [0.717, 1.165) is 45.1 Å². The number of hydrogen-bond donors (Lipinski definition) is 2. The maximum Gasteiger partial charge on any atom is 0.255 e. The highest BCUT2D eigenvalue weighted by Crippen LogP contribution is 2.38. The van der Waals surface area contributed by atoms with E-state index in [0.29, 0.717) is 5.75 Å². The molecular weight excluding hydrogens is 376 g/mol. The molecule has 2 heterocycles. The van der Waals surface area contributed by atoms with Crippen LogP contribution in [0.4, 0.5) is 11.5 Å². The fourth-order valence-electron chi connectivity index (χ4n) is 3.54. The van der Waals surface area contributed by atoms with E-state index < -0.39 is 5.91 Å². The molecule has 0 atom stereocenters. The third kappa shape index (κ3) is 3.72. The number of imidazole rings is 1. The molecule has 4 aromatic rings. The van der Waals surface area contributed by atoms with Gasteiger partial charge in [-0.15, -0.1) is 0 Å². The molecule has 0 saturated carbocycles. The molecule has 6 heteroatoms. The van der Waals surface area contributed by atoms with Crippen molar-refractivity contribution in [2.24, 2.45) is 5.73 Å². The van der Waals surface area contributed by atoms with Crippen molar-refractivity contribution in [2.45, 2.75) is 20.8 Å². The fraction of sp³-hybridized carbons (Fsp3) is 0.167. The van der Waals surface area contributed by atoms with E-state index >= 15 is 0 Å². The van der Waals surface area contributed by atoms with Crippen molar-refractivity contribution in [1.82, 2.24) is 9.38 Å². The average molecular weight is 400 g/mol. The zero-order chi connectivity index (χ0) is 21.3. The van der Waals surface area contributed by atoms with E-state index in [1.165, 1.54) is 0 Å². The van der Waals surface area contributed by atoms with Gasteiger partial charge in [-0.3, -0.25) is 9.20 Å². The first-order valence-electron chi connectivity index (χ1n) is 9.76. The van der Waals surface area contributed by atoms with Gasteiger partial charge < -0.3 is 15.8 Å². The van der Waals surface area contributed by atoms with Crippen LogP contribution < -0.4 is 15.8 Å². The predicted octanol–water partition coefficient (Wildman–Crippen LogP) is 4.53. The van der Waals surface area contributed by atoms with Crippen LogP contribution in [0.25, 0.3) is 16.9 Å². The van der Waals surface area contributed by atoms with Crippen LogP contribution >= 0.6 is 0 Å². The summed E-state index contributed by atoms with van der Waals surface area (Å²) in [5.74, 6) is 0.871. The number of nitrogens with two attached hydrogens (primary N) is 1. The van der Waals surface area contributed by atoms with Gasteiger partial charge in [-0.2, -0.15) is 0 Å². The predicted molar refractivity (Wildman–Crippen MR) is 119 cm³/mol. The van der Waals surface area contributed by atoms with Gasteiger partial charge in [-0.1, -0.05) is 35.9 Å². The maximum absolute atomic E-state index is 11.3. The number of amides is 1. The molecule has 0 radical (unpaired) electrons. The van der Waals surface area contributed by atoms with Crippen molar-refractivity contribution in [3.8, 4) is 17.0 Å². The fourth-order valence-corrected chi connectivity index (χ4v) is 3.54. The molecule has 0 aliphatic rings. The largest absolute Gasteiger partial charge is 0.483 e. The van der Waals surface area contributed by atoms with E-state index in [-0.39, 0.29) is 6.61 Å². The number of para-hydroxylation sites is 1. The molecule has 0 unspecified atom stereocenters. The van der Waals surface area contributed by atoms with Crippen molar-refractivity contribution >= 4 is 23.1 Å². The minimum absolute atomic E-state index is 0.191. The van der Waals surface area contributed by atoms with Crippen molar-refractivity contribution in [1.29, 1.82) is 0 Å². The number of anilines is 2. The highest BCUT2D eigenvalue weighted by atomic mass is 16.5. The smallest absolute Gasteiger partial charge is 0.255 e. The summed E-state index contributed by atoms with van der Waals surface area (Å²) in [6.07, 6.45) is 1.97. The molecule has 0 aliphatic carbocycles. The number of aromatic nitrogens is 2. The zero-order valence-corrected chi connectivity index (χ0v) is 17.3. The first kappa shape index (κ1) is 19.5. The zero-order valence-electron chi connectivity index (χ0n) is 17.3. The first-order valence-corrected chi connectivity index (χ1v) is 9.76. The summed E-state index contributed by atoms with van der Waals surface area (Å²) < 4.78 is 7.72. The summed E-state index contributed by atoms with van der Waals surface area (Å²) in [4.78, 5) is 16.1. The number of primary amides is 1. The van der Waals surface area contributed by atoms with Crippen LogP contribution in [-0.2, 0) is 4.79 Å². The summed E-state index contributed by atoms with van der Waals surface area (Å²) in [6, 6.07) is 17.9. The van der Waals surface area contributed by atoms with Crippen LogP contribution in [0.5, 0.6) is 5.75 Å². The lowest BCUT2D eigenvalue weighted by Gasteiger charge is -2.15. The van der Waals surface area contributed by atoms with Gasteiger partial charge in [0.25, 0.3) is 5.91 Å². The monoisotopic (exact) mass is 400 g/mol. The molecule has 0 fully saturated rings. The Hall–Kier alpha value is -3.80. The summed E-state index contributed by atoms with van der Waals surface area (Å²) >= 11 is 0.